The van der Waals surface area contributed by atoms with Gasteiger partial charge in [0.2, 0.25) is 0 Å². The van der Waals surface area contributed by atoms with Gasteiger partial charge in [0.25, 0.3) is 0 Å². The summed E-state index contributed by atoms with van der Waals surface area (Å²) >= 11 is 0. The van der Waals surface area contributed by atoms with Crippen LogP contribution in [-0.2, 0) is 6.54 Å². The Morgan fingerprint density at radius 2 is 1.75 bits per heavy atom. The molecule has 0 aromatic heterocycles. The van der Waals surface area contributed by atoms with E-state index >= 15 is 0 Å². The number of hydrogen-bond acceptors (Lipinski definition) is 3. The summed E-state index contributed by atoms with van der Waals surface area (Å²) in [5.74, 6) is 0.649. The van der Waals surface area contributed by atoms with Crippen LogP contribution in [0, 0.1) is 0 Å². The molecule has 0 heterocycles. The van der Waals surface area contributed by atoms with Gasteiger partial charge in [-0.25, -0.2) is 0 Å². The summed E-state index contributed by atoms with van der Waals surface area (Å²) in [6.45, 7) is 2.26. The molecule has 2 aromatic rings. The second kappa shape index (κ2) is 7.46. The molecule has 0 saturated heterocycles. The van der Waals surface area contributed by atoms with Crippen molar-refractivity contribution in [1.82, 2.24) is 4.90 Å². The topological polar surface area (TPSA) is 29.5 Å². The summed E-state index contributed by atoms with van der Waals surface area (Å²) in [4.78, 5) is 13.1. The summed E-state index contributed by atoms with van der Waals surface area (Å²) in [7, 11) is 2.06. The van der Waals surface area contributed by atoms with Crippen LogP contribution in [0.3, 0.4) is 0 Å². The van der Waals surface area contributed by atoms with Crippen molar-refractivity contribution in [3.8, 4) is 5.75 Å². The lowest BCUT2D eigenvalue weighted by Crippen LogP contribution is -2.24. The van der Waals surface area contributed by atoms with Crippen LogP contribution in [0.5, 0.6) is 5.75 Å². The highest BCUT2D eigenvalue weighted by atomic mass is 16.5. The third-order valence-corrected chi connectivity index (χ3v) is 3.07. The molecule has 0 aliphatic rings. The van der Waals surface area contributed by atoms with Gasteiger partial charge in [-0.15, -0.1) is 0 Å². The van der Waals surface area contributed by atoms with Crippen molar-refractivity contribution >= 4 is 6.29 Å². The Kier molecular flexibility index (Phi) is 5.33. The normalized spacial score (nSPS) is 10.5. The summed E-state index contributed by atoms with van der Waals surface area (Å²) in [6, 6.07) is 17.6. The van der Waals surface area contributed by atoms with Gasteiger partial charge in [0.1, 0.15) is 12.4 Å². The minimum absolute atomic E-state index is 0.564. The van der Waals surface area contributed by atoms with Crippen molar-refractivity contribution in [3.63, 3.8) is 0 Å². The number of nitrogens with zero attached hydrogens (tertiary/aromatic N) is 1. The fourth-order valence-corrected chi connectivity index (χ4v) is 1.99. The standard InChI is InChI=1S/C17H19NO2/c1-18(13-15-7-3-2-4-8-15)11-12-20-17-10-6-5-9-16(17)14-19/h2-10,14H,11-13H2,1H3. The maximum atomic E-state index is 10.9. The van der Waals surface area contributed by atoms with Crippen molar-refractivity contribution in [2.24, 2.45) is 0 Å². The third-order valence-electron chi connectivity index (χ3n) is 3.07. The van der Waals surface area contributed by atoms with Crippen LogP contribution in [-0.4, -0.2) is 31.4 Å². The SMILES string of the molecule is CN(CCOc1ccccc1C=O)Cc1ccccc1. The van der Waals surface area contributed by atoms with Crippen molar-refractivity contribution in [1.29, 1.82) is 0 Å². The lowest BCUT2D eigenvalue weighted by Gasteiger charge is -2.17. The predicted molar refractivity (Wildman–Crippen MR) is 80.1 cm³/mol. The number of para-hydroxylation sites is 1. The van der Waals surface area contributed by atoms with E-state index in [2.05, 4.69) is 24.1 Å². The summed E-state index contributed by atoms with van der Waals surface area (Å²) in [5, 5.41) is 0. The molecular weight excluding hydrogens is 250 g/mol. The Bertz CT molecular complexity index is 540. The van der Waals surface area contributed by atoms with E-state index in [1.165, 1.54) is 5.56 Å². The predicted octanol–water partition coefficient (Wildman–Crippen LogP) is 3.01. The Hall–Kier alpha value is -2.13. The molecule has 0 N–H and O–H groups in total. The van der Waals surface area contributed by atoms with Crippen LogP contribution in [0.25, 0.3) is 0 Å². The molecule has 0 spiro atoms. The molecule has 2 aromatic carbocycles. The van der Waals surface area contributed by atoms with E-state index < -0.39 is 0 Å². The molecule has 20 heavy (non-hydrogen) atoms. The highest BCUT2D eigenvalue weighted by Gasteiger charge is 2.03. The van der Waals surface area contributed by atoms with Crippen LogP contribution in [0.4, 0.5) is 0 Å². The van der Waals surface area contributed by atoms with Crippen molar-refractivity contribution in [2.45, 2.75) is 6.54 Å². The molecule has 3 nitrogen and oxygen atoms in total. The maximum Gasteiger partial charge on any atom is 0.153 e. The molecule has 0 bridgehead atoms. The zero-order valence-electron chi connectivity index (χ0n) is 11.7. The molecule has 0 aliphatic carbocycles. The number of carbonyl (C=O) groups is 1. The number of hydrogen-bond donors (Lipinski definition) is 0. The molecule has 3 heteroatoms. The summed E-state index contributed by atoms with van der Waals surface area (Å²) < 4.78 is 5.66. The van der Waals surface area contributed by atoms with Gasteiger partial charge < -0.3 is 4.74 Å². The molecule has 0 amide bonds. The highest BCUT2D eigenvalue weighted by molar-refractivity contribution is 5.79. The fourth-order valence-electron chi connectivity index (χ4n) is 1.99. The number of aldehydes is 1. The second-order valence-electron chi connectivity index (χ2n) is 4.73. The number of rotatable bonds is 7. The van der Waals surface area contributed by atoms with E-state index in [0.717, 1.165) is 19.4 Å². The molecule has 0 atom stereocenters. The molecule has 0 saturated carbocycles. The first-order valence-corrected chi connectivity index (χ1v) is 6.69. The maximum absolute atomic E-state index is 10.9. The number of benzene rings is 2. The number of ether oxygens (including phenoxy) is 1. The summed E-state index contributed by atoms with van der Waals surface area (Å²) in [5.41, 5.74) is 1.88. The van der Waals surface area contributed by atoms with Crippen molar-refractivity contribution in [3.05, 3.63) is 65.7 Å². The van der Waals surface area contributed by atoms with E-state index in [9.17, 15) is 4.79 Å². The van der Waals surface area contributed by atoms with Gasteiger partial charge in [-0.05, 0) is 24.7 Å². The number of likely N-dealkylation sites (N-methyl/N-ethyl adjacent to an activating group) is 1. The van der Waals surface area contributed by atoms with Crippen molar-refractivity contribution in [2.75, 3.05) is 20.2 Å². The minimum Gasteiger partial charge on any atom is -0.492 e. The summed E-state index contributed by atoms with van der Waals surface area (Å²) in [6.07, 6.45) is 0.822. The Morgan fingerprint density at radius 3 is 2.50 bits per heavy atom. The fraction of sp³-hybridized carbons (Fsp3) is 0.235. The van der Waals surface area contributed by atoms with Gasteiger partial charge in [0.05, 0.1) is 5.56 Å². The molecular formula is C17H19NO2. The van der Waals surface area contributed by atoms with Gasteiger partial charge >= 0.3 is 0 Å². The first kappa shape index (κ1) is 14.3. The molecule has 0 unspecified atom stereocenters. The molecule has 0 fully saturated rings. The van der Waals surface area contributed by atoms with E-state index in [1.54, 1.807) is 6.07 Å². The number of carbonyl (C=O) groups excluding carboxylic acids is 1. The largest absolute Gasteiger partial charge is 0.492 e. The van der Waals surface area contributed by atoms with Crippen LogP contribution in [0.2, 0.25) is 0 Å². The van der Waals surface area contributed by atoms with E-state index in [0.29, 0.717) is 17.9 Å². The Labute approximate surface area is 119 Å². The zero-order valence-corrected chi connectivity index (χ0v) is 11.7. The second-order valence-corrected chi connectivity index (χ2v) is 4.73. The monoisotopic (exact) mass is 269 g/mol. The lowest BCUT2D eigenvalue weighted by atomic mass is 10.2. The van der Waals surface area contributed by atoms with Crippen LogP contribution >= 0.6 is 0 Å². The van der Waals surface area contributed by atoms with Gasteiger partial charge in [-0.2, -0.15) is 0 Å². The smallest absolute Gasteiger partial charge is 0.153 e. The average Bonchev–Trinajstić information content (AvgIpc) is 2.49. The zero-order chi connectivity index (χ0) is 14.2. The Balaban J connectivity index is 1.79. The minimum atomic E-state index is 0.564. The van der Waals surface area contributed by atoms with Gasteiger partial charge in [0, 0.05) is 13.1 Å². The van der Waals surface area contributed by atoms with Crippen LogP contribution in [0.15, 0.2) is 54.6 Å². The van der Waals surface area contributed by atoms with Crippen molar-refractivity contribution < 1.29 is 9.53 Å². The van der Waals surface area contributed by atoms with Gasteiger partial charge in [0.15, 0.2) is 6.29 Å². The van der Waals surface area contributed by atoms with Gasteiger partial charge in [-0.1, -0.05) is 42.5 Å². The van der Waals surface area contributed by atoms with E-state index in [4.69, 9.17) is 4.74 Å². The van der Waals surface area contributed by atoms with Crippen LogP contribution in [0.1, 0.15) is 15.9 Å². The highest BCUT2D eigenvalue weighted by Crippen LogP contribution is 2.15. The first-order valence-electron chi connectivity index (χ1n) is 6.69. The lowest BCUT2D eigenvalue weighted by molar-refractivity contribution is 0.111. The average molecular weight is 269 g/mol. The van der Waals surface area contributed by atoms with E-state index in [1.807, 2.05) is 36.4 Å². The first-order chi connectivity index (χ1) is 9.79. The quantitative estimate of drug-likeness (QED) is 0.724. The van der Waals surface area contributed by atoms with Crippen LogP contribution < -0.4 is 4.74 Å². The molecule has 2 rings (SSSR count). The molecule has 104 valence electrons. The van der Waals surface area contributed by atoms with E-state index in [-0.39, 0.29) is 0 Å². The third kappa shape index (κ3) is 4.21. The van der Waals surface area contributed by atoms with Gasteiger partial charge in [-0.3, -0.25) is 9.69 Å². The molecule has 0 aliphatic heterocycles. The Morgan fingerprint density at radius 1 is 1.05 bits per heavy atom. The molecule has 0 radical (unpaired) electrons.